The minimum atomic E-state index is -0.893. The third-order valence-corrected chi connectivity index (χ3v) is 4.30. The van der Waals surface area contributed by atoms with Crippen molar-refractivity contribution in [1.82, 2.24) is 10.7 Å². The van der Waals surface area contributed by atoms with Crippen molar-refractivity contribution in [2.45, 2.75) is 33.7 Å². The predicted octanol–water partition coefficient (Wildman–Crippen LogP) is 3.04. The van der Waals surface area contributed by atoms with Gasteiger partial charge in [0.05, 0.1) is 17.8 Å². The number of rotatable bonds is 9. The first kappa shape index (κ1) is 25.7. The zero-order valence-electron chi connectivity index (χ0n) is 18.9. The van der Waals surface area contributed by atoms with Gasteiger partial charge in [-0.2, -0.15) is 5.10 Å². The lowest BCUT2D eigenvalue weighted by atomic mass is 10.2. The fourth-order valence-corrected chi connectivity index (χ4v) is 2.85. The van der Waals surface area contributed by atoms with E-state index in [0.717, 1.165) is 5.56 Å². The summed E-state index contributed by atoms with van der Waals surface area (Å²) in [7, 11) is 0. The number of hydrogen-bond acceptors (Lipinski definition) is 6. The Morgan fingerprint density at radius 3 is 2.42 bits per heavy atom. The fraction of sp³-hybridized carbons (Fsp3) is 0.304. The number of ether oxygens (including phenoxy) is 2. The molecule has 0 unspecified atom stereocenters. The molecule has 0 saturated heterocycles. The molecule has 3 amide bonds. The zero-order valence-corrected chi connectivity index (χ0v) is 19.7. The minimum Gasteiger partial charge on any atom is -0.490 e. The summed E-state index contributed by atoms with van der Waals surface area (Å²) in [4.78, 5) is 35.5. The van der Waals surface area contributed by atoms with Gasteiger partial charge < -0.3 is 20.1 Å². The lowest BCUT2D eigenvalue weighted by Crippen LogP contribution is -2.41. The van der Waals surface area contributed by atoms with Crippen molar-refractivity contribution in [3.63, 3.8) is 0 Å². The first-order valence-corrected chi connectivity index (χ1v) is 10.7. The van der Waals surface area contributed by atoms with Crippen LogP contribution in [0.3, 0.4) is 0 Å². The van der Waals surface area contributed by atoms with Gasteiger partial charge >= 0.3 is 11.8 Å². The zero-order chi connectivity index (χ0) is 24.4. The Labute approximate surface area is 197 Å². The average molecular weight is 475 g/mol. The van der Waals surface area contributed by atoms with Crippen molar-refractivity contribution < 1.29 is 23.9 Å². The van der Waals surface area contributed by atoms with Gasteiger partial charge in [0.2, 0.25) is 0 Å². The SMILES string of the molecule is CCOc1cc(/C=N\NC(=O)C(=O)NC(C)C)cc(Cl)c1OCC(=O)Nc1ccc(C)cc1. The second kappa shape index (κ2) is 12.4. The molecule has 0 bridgehead atoms. The maximum absolute atomic E-state index is 12.2. The van der Waals surface area contributed by atoms with Crippen LogP contribution in [0.25, 0.3) is 0 Å². The summed E-state index contributed by atoms with van der Waals surface area (Å²) in [6.45, 7) is 7.27. The fourth-order valence-electron chi connectivity index (χ4n) is 2.58. The van der Waals surface area contributed by atoms with E-state index in [4.69, 9.17) is 21.1 Å². The summed E-state index contributed by atoms with van der Waals surface area (Å²) in [6, 6.07) is 10.3. The summed E-state index contributed by atoms with van der Waals surface area (Å²) in [6.07, 6.45) is 1.31. The van der Waals surface area contributed by atoms with Crippen LogP contribution >= 0.6 is 11.6 Å². The molecule has 9 nitrogen and oxygen atoms in total. The van der Waals surface area contributed by atoms with Crippen molar-refractivity contribution in [3.8, 4) is 11.5 Å². The summed E-state index contributed by atoms with van der Waals surface area (Å²) >= 11 is 6.33. The molecule has 3 N–H and O–H groups in total. The number of halogens is 1. The Morgan fingerprint density at radius 2 is 1.79 bits per heavy atom. The lowest BCUT2D eigenvalue weighted by molar-refractivity contribution is -0.139. The molecule has 0 atom stereocenters. The molecule has 33 heavy (non-hydrogen) atoms. The van der Waals surface area contributed by atoms with Gasteiger partial charge in [-0.1, -0.05) is 29.3 Å². The van der Waals surface area contributed by atoms with Gasteiger partial charge in [0, 0.05) is 11.7 Å². The molecule has 176 valence electrons. The molecule has 2 aromatic carbocycles. The van der Waals surface area contributed by atoms with Crippen LogP contribution in [0.1, 0.15) is 31.9 Å². The standard InChI is InChI=1S/C23H27ClN4O5/c1-5-32-19-11-16(12-25-28-23(31)22(30)26-14(2)3)10-18(24)21(19)33-13-20(29)27-17-8-6-15(4)7-9-17/h6-12,14H,5,13H2,1-4H3,(H,26,30)(H,27,29)(H,28,31)/b25-12-. The quantitative estimate of drug-likeness (QED) is 0.293. The Balaban J connectivity index is 2.04. The van der Waals surface area contributed by atoms with Crippen LogP contribution in [0.5, 0.6) is 11.5 Å². The Bertz CT molecular complexity index is 1020. The normalized spacial score (nSPS) is 10.7. The van der Waals surface area contributed by atoms with Gasteiger partial charge in [-0.25, -0.2) is 5.43 Å². The molecule has 0 heterocycles. The minimum absolute atomic E-state index is 0.175. The van der Waals surface area contributed by atoms with E-state index in [-0.39, 0.29) is 29.3 Å². The summed E-state index contributed by atoms with van der Waals surface area (Å²) < 4.78 is 11.2. The third kappa shape index (κ3) is 8.46. The monoisotopic (exact) mass is 474 g/mol. The Hall–Kier alpha value is -3.59. The molecule has 0 spiro atoms. The van der Waals surface area contributed by atoms with Crippen LogP contribution in [-0.2, 0) is 14.4 Å². The second-order valence-corrected chi connectivity index (χ2v) is 7.70. The molecule has 0 aliphatic heterocycles. The molecule has 0 fully saturated rings. The molecular formula is C23H27ClN4O5. The highest BCUT2D eigenvalue weighted by molar-refractivity contribution is 6.35. The predicted molar refractivity (Wildman–Crippen MR) is 127 cm³/mol. The van der Waals surface area contributed by atoms with Gasteiger partial charge in [-0.15, -0.1) is 0 Å². The molecule has 10 heteroatoms. The van der Waals surface area contributed by atoms with Crippen molar-refractivity contribution >= 4 is 41.2 Å². The first-order valence-electron chi connectivity index (χ1n) is 10.3. The highest BCUT2D eigenvalue weighted by Gasteiger charge is 2.15. The maximum Gasteiger partial charge on any atom is 0.329 e. The average Bonchev–Trinajstić information content (AvgIpc) is 2.74. The van der Waals surface area contributed by atoms with Gasteiger partial charge in [0.25, 0.3) is 5.91 Å². The first-order chi connectivity index (χ1) is 15.7. The highest BCUT2D eigenvalue weighted by atomic mass is 35.5. The highest BCUT2D eigenvalue weighted by Crippen LogP contribution is 2.36. The van der Waals surface area contributed by atoms with E-state index in [9.17, 15) is 14.4 Å². The molecule has 0 saturated carbocycles. The number of aryl methyl sites for hydroxylation is 1. The number of carbonyl (C=O) groups is 3. The third-order valence-electron chi connectivity index (χ3n) is 4.02. The van der Waals surface area contributed by atoms with E-state index >= 15 is 0 Å². The smallest absolute Gasteiger partial charge is 0.329 e. The van der Waals surface area contributed by atoms with Crippen LogP contribution in [-0.4, -0.2) is 43.2 Å². The number of nitrogens with one attached hydrogen (secondary N) is 3. The molecule has 0 radical (unpaired) electrons. The number of amides is 3. The van der Waals surface area contributed by atoms with Gasteiger partial charge in [0.15, 0.2) is 18.1 Å². The number of benzene rings is 2. The van der Waals surface area contributed by atoms with Crippen LogP contribution in [0, 0.1) is 6.92 Å². The number of hydrazone groups is 1. The largest absolute Gasteiger partial charge is 0.490 e. The number of anilines is 1. The molecule has 0 aromatic heterocycles. The van der Waals surface area contributed by atoms with E-state index in [0.29, 0.717) is 23.6 Å². The molecular weight excluding hydrogens is 448 g/mol. The molecule has 2 aromatic rings. The Kier molecular flexibility index (Phi) is 9.68. The van der Waals surface area contributed by atoms with E-state index in [2.05, 4.69) is 21.2 Å². The van der Waals surface area contributed by atoms with Crippen molar-refractivity contribution in [3.05, 3.63) is 52.5 Å². The van der Waals surface area contributed by atoms with E-state index in [1.165, 1.54) is 12.3 Å². The molecule has 0 aliphatic rings. The van der Waals surface area contributed by atoms with Crippen molar-refractivity contribution in [2.24, 2.45) is 5.10 Å². The summed E-state index contributed by atoms with van der Waals surface area (Å²) in [5, 5.41) is 9.15. The molecule has 2 rings (SSSR count). The maximum atomic E-state index is 12.2. The number of carbonyl (C=O) groups excluding carboxylic acids is 3. The second-order valence-electron chi connectivity index (χ2n) is 7.29. The summed E-state index contributed by atoms with van der Waals surface area (Å²) in [5.41, 5.74) is 4.37. The van der Waals surface area contributed by atoms with Gasteiger partial charge in [-0.05, 0) is 57.5 Å². The van der Waals surface area contributed by atoms with Crippen molar-refractivity contribution in [2.75, 3.05) is 18.5 Å². The van der Waals surface area contributed by atoms with Crippen LogP contribution in [0.4, 0.5) is 5.69 Å². The van der Waals surface area contributed by atoms with Crippen molar-refractivity contribution in [1.29, 1.82) is 0 Å². The van der Waals surface area contributed by atoms with Gasteiger partial charge in [-0.3, -0.25) is 14.4 Å². The lowest BCUT2D eigenvalue weighted by Gasteiger charge is -2.14. The van der Waals surface area contributed by atoms with Crippen LogP contribution < -0.4 is 25.5 Å². The molecule has 0 aliphatic carbocycles. The van der Waals surface area contributed by atoms with E-state index < -0.39 is 11.8 Å². The van der Waals surface area contributed by atoms with Gasteiger partial charge in [0.1, 0.15) is 0 Å². The Morgan fingerprint density at radius 1 is 1.09 bits per heavy atom. The number of nitrogens with zero attached hydrogens (tertiary/aromatic N) is 1. The summed E-state index contributed by atoms with van der Waals surface area (Å²) in [5.74, 6) is -1.53. The van der Waals surface area contributed by atoms with E-state index in [1.54, 1.807) is 39.0 Å². The number of hydrogen-bond donors (Lipinski definition) is 3. The topological polar surface area (TPSA) is 118 Å². The van der Waals surface area contributed by atoms with E-state index in [1.807, 2.05) is 19.1 Å². The van der Waals surface area contributed by atoms with Crippen LogP contribution in [0.2, 0.25) is 5.02 Å². The van der Waals surface area contributed by atoms with Crippen LogP contribution in [0.15, 0.2) is 41.5 Å².